The number of Topliss-reactive ketones (excluding diaryl/α,β-unsaturated/α-hetero) is 1. The van der Waals surface area contributed by atoms with Crippen LogP contribution in [0, 0.1) is 6.92 Å². The summed E-state index contributed by atoms with van der Waals surface area (Å²) in [6.45, 7) is 6.29. The molecule has 1 fully saturated rings. The van der Waals surface area contributed by atoms with Gasteiger partial charge >= 0.3 is 0 Å². The largest absolute Gasteiger partial charge is 0.507 e. The minimum Gasteiger partial charge on any atom is -0.507 e. The number of anilines is 1. The van der Waals surface area contributed by atoms with E-state index in [1.807, 2.05) is 70.1 Å². The fourth-order valence-corrected chi connectivity index (χ4v) is 3.99. The molecule has 2 aromatic carbocycles. The Morgan fingerprint density at radius 1 is 1.16 bits per heavy atom. The van der Waals surface area contributed by atoms with Gasteiger partial charge in [0.2, 0.25) is 0 Å². The molecule has 32 heavy (non-hydrogen) atoms. The van der Waals surface area contributed by atoms with Gasteiger partial charge in [-0.2, -0.15) is 0 Å². The molecule has 2 aromatic rings. The molecule has 0 spiro atoms. The number of ether oxygens (including phenoxy) is 1. The number of amides is 1. The summed E-state index contributed by atoms with van der Waals surface area (Å²) in [5, 5.41) is 11.2. The lowest BCUT2D eigenvalue weighted by Crippen LogP contribution is -2.33. The van der Waals surface area contributed by atoms with E-state index >= 15 is 0 Å². The van der Waals surface area contributed by atoms with Gasteiger partial charge in [0.1, 0.15) is 5.76 Å². The molecule has 1 aliphatic heterocycles. The van der Waals surface area contributed by atoms with Crippen molar-refractivity contribution >= 4 is 39.1 Å². The highest BCUT2D eigenvalue weighted by Gasteiger charge is 2.45. The van der Waals surface area contributed by atoms with Gasteiger partial charge in [-0.15, -0.1) is 0 Å². The number of nitrogens with zero attached hydrogens (tertiary/aromatic N) is 2. The van der Waals surface area contributed by atoms with Crippen LogP contribution in [0.3, 0.4) is 0 Å². The molecule has 0 aromatic heterocycles. The Morgan fingerprint density at radius 2 is 1.81 bits per heavy atom. The number of hydrogen-bond acceptors (Lipinski definition) is 5. The van der Waals surface area contributed by atoms with E-state index in [1.165, 1.54) is 4.90 Å². The predicted octanol–water partition coefficient (Wildman–Crippen LogP) is 4.67. The first kappa shape index (κ1) is 24.0. The number of carbonyl (C=O) groups excluding carboxylic acids is 2. The van der Waals surface area contributed by atoms with E-state index in [-0.39, 0.29) is 24.0 Å². The van der Waals surface area contributed by atoms with Crippen LogP contribution in [0.15, 0.2) is 52.5 Å². The number of halogens is 1. The van der Waals surface area contributed by atoms with Crippen LogP contribution in [0.5, 0.6) is 0 Å². The summed E-state index contributed by atoms with van der Waals surface area (Å²) in [5.74, 6) is -1.49. The first-order valence-corrected chi connectivity index (χ1v) is 11.3. The number of rotatable bonds is 7. The maximum Gasteiger partial charge on any atom is 0.295 e. The van der Waals surface area contributed by atoms with Crippen LogP contribution in [0.1, 0.15) is 36.6 Å². The van der Waals surface area contributed by atoms with Crippen LogP contribution in [-0.2, 0) is 14.3 Å². The minimum atomic E-state index is -0.689. The number of benzene rings is 2. The number of likely N-dealkylation sites (tertiary alicyclic amines) is 1. The van der Waals surface area contributed by atoms with Gasteiger partial charge in [0.25, 0.3) is 11.7 Å². The molecular weight excluding hydrogens is 472 g/mol. The standard InChI is InChI=1S/C25H29BrN2O4/c1-15(2)32-13-12-28-22(17-6-9-19(10-7-17)27(4)5)21(24(30)25(28)31)23(29)18-8-11-20(26)16(3)14-18/h6-11,14-15,22,29H,12-13H2,1-5H3/b23-21-. The number of aliphatic hydroxyl groups excluding tert-OH is 1. The molecule has 3 rings (SSSR count). The van der Waals surface area contributed by atoms with Gasteiger partial charge in [-0.3, -0.25) is 9.59 Å². The molecule has 0 aliphatic carbocycles. The molecule has 1 aliphatic rings. The van der Waals surface area contributed by atoms with E-state index < -0.39 is 17.7 Å². The molecule has 6 nitrogen and oxygen atoms in total. The Kier molecular flexibility index (Phi) is 7.41. The maximum absolute atomic E-state index is 13.1. The third-order valence-corrected chi connectivity index (χ3v) is 6.37. The van der Waals surface area contributed by atoms with Crippen LogP contribution in [0.4, 0.5) is 5.69 Å². The van der Waals surface area contributed by atoms with Crippen LogP contribution in [0.25, 0.3) is 5.76 Å². The third-order valence-electron chi connectivity index (χ3n) is 5.48. The normalized spacial score (nSPS) is 18.0. The molecule has 0 radical (unpaired) electrons. The van der Waals surface area contributed by atoms with E-state index in [0.717, 1.165) is 21.3 Å². The van der Waals surface area contributed by atoms with E-state index in [4.69, 9.17) is 4.74 Å². The molecule has 1 amide bonds. The number of aryl methyl sites for hydroxylation is 1. The van der Waals surface area contributed by atoms with Gasteiger partial charge in [0, 0.05) is 36.4 Å². The summed E-state index contributed by atoms with van der Waals surface area (Å²) >= 11 is 3.46. The monoisotopic (exact) mass is 500 g/mol. The lowest BCUT2D eigenvalue weighted by molar-refractivity contribution is -0.140. The van der Waals surface area contributed by atoms with E-state index in [2.05, 4.69) is 15.9 Å². The first-order valence-electron chi connectivity index (χ1n) is 10.6. The van der Waals surface area contributed by atoms with E-state index in [9.17, 15) is 14.7 Å². The quantitative estimate of drug-likeness (QED) is 0.339. The lowest BCUT2D eigenvalue weighted by atomic mass is 9.94. The Bertz CT molecular complexity index is 1040. The molecule has 170 valence electrons. The Balaban J connectivity index is 2.10. The van der Waals surface area contributed by atoms with Gasteiger partial charge in [-0.1, -0.05) is 34.1 Å². The van der Waals surface area contributed by atoms with Gasteiger partial charge in [0.15, 0.2) is 0 Å². The number of ketones is 1. The van der Waals surface area contributed by atoms with Gasteiger partial charge in [-0.25, -0.2) is 0 Å². The molecule has 1 saturated heterocycles. The molecule has 1 atom stereocenters. The number of hydrogen-bond donors (Lipinski definition) is 1. The van der Waals surface area contributed by atoms with Crippen molar-refractivity contribution < 1.29 is 19.4 Å². The molecule has 1 heterocycles. The molecule has 0 bridgehead atoms. The van der Waals surface area contributed by atoms with Gasteiger partial charge in [0.05, 0.1) is 24.3 Å². The lowest BCUT2D eigenvalue weighted by Gasteiger charge is -2.26. The fourth-order valence-electron chi connectivity index (χ4n) is 3.75. The molecule has 1 unspecified atom stereocenters. The van der Waals surface area contributed by atoms with Crippen molar-refractivity contribution in [1.29, 1.82) is 0 Å². The third kappa shape index (κ3) is 4.89. The highest BCUT2D eigenvalue weighted by atomic mass is 79.9. The molecule has 0 saturated carbocycles. The highest BCUT2D eigenvalue weighted by Crippen LogP contribution is 2.40. The second-order valence-corrected chi connectivity index (χ2v) is 9.22. The zero-order valence-corrected chi connectivity index (χ0v) is 20.6. The van der Waals surface area contributed by atoms with Crippen molar-refractivity contribution in [3.63, 3.8) is 0 Å². The van der Waals surface area contributed by atoms with Crippen LogP contribution >= 0.6 is 15.9 Å². The second-order valence-electron chi connectivity index (χ2n) is 8.36. The van der Waals surface area contributed by atoms with Crippen molar-refractivity contribution in [2.45, 2.75) is 32.9 Å². The van der Waals surface area contributed by atoms with Crippen LogP contribution in [-0.4, -0.2) is 55.0 Å². The molecule has 7 heteroatoms. The second kappa shape index (κ2) is 9.88. The highest BCUT2D eigenvalue weighted by molar-refractivity contribution is 9.10. The first-order chi connectivity index (χ1) is 15.1. The van der Waals surface area contributed by atoms with Crippen molar-refractivity contribution in [2.75, 3.05) is 32.1 Å². The summed E-state index contributed by atoms with van der Waals surface area (Å²) in [6.07, 6.45) is 0.00962. The smallest absolute Gasteiger partial charge is 0.295 e. The Hall–Kier alpha value is -2.64. The SMILES string of the molecule is Cc1cc(/C(O)=C2/C(=O)C(=O)N(CCOC(C)C)C2c2ccc(N(C)C)cc2)ccc1Br. The summed E-state index contributed by atoms with van der Waals surface area (Å²) in [7, 11) is 3.89. The van der Waals surface area contributed by atoms with E-state index in [0.29, 0.717) is 12.2 Å². The summed E-state index contributed by atoms with van der Waals surface area (Å²) < 4.78 is 6.53. The Morgan fingerprint density at radius 3 is 2.38 bits per heavy atom. The zero-order valence-electron chi connectivity index (χ0n) is 19.1. The summed E-state index contributed by atoms with van der Waals surface area (Å²) in [5.41, 5.74) is 3.27. The number of aliphatic hydroxyl groups is 1. The van der Waals surface area contributed by atoms with Crippen molar-refractivity contribution in [1.82, 2.24) is 4.90 Å². The van der Waals surface area contributed by atoms with Gasteiger partial charge < -0.3 is 19.6 Å². The zero-order chi connectivity index (χ0) is 23.6. The molecular formula is C25H29BrN2O4. The summed E-state index contributed by atoms with van der Waals surface area (Å²) in [6, 6.07) is 12.3. The number of carbonyl (C=O) groups is 2. The predicted molar refractivity (Wildman–Crippen MR) is 130 cm³/mol. The van der Waals surface area contributed by atoms with Crippen LogP contribution in [0.2, 0.25) is 0 Å². The van der Waals surface area contributed by atoms with E-state index in [1.54, 1.807) is 12.1 Å². The average Bonchev–Trinajstić information content (AvgIpc) is 3.00. The Labute approximate surface area is 197 Å². The topological polar surface area (TPSA) is 70.1 Å². The fraction of sp³-hybridized carbons (Fsp3) is 0.360. The minimum absolute atomic E-state index is 0.00962. The maximum atomic E-state index is 13.1. The van der Waals surface area contributed by atoms with Crippen molar-refractivity contribution in [3.8, 4) is 0 Å². The van der Waals surface area contributed by atoms with Gasteiger partial charge in [-0.05, 0) is 56.2 Å². The average molecular weight is 501 g/mol. The summed E-state index contributed by atoms with van der Waals surface area (Å²) in [4.78, 5) is 29.5. The molecule has 1 N–H and O–H groups in total. The van der Waals surface area contributed by atoms with Crippen LogP contribution < -0.4 is 4.90 Å². The van der Waals surface area contributed by atoms with Crippen molar-refractivity contribution in [2.24, 2.45) is 0 Å². The van der Waals surface area contributed by atoms with Crippen molar-refractivity contribution in [3.05, 3.63) is 69.2 Å².